The quantitative estimate of drug-likeness (QED) is 0.0655. The molecule has 0 aliphatic carbocycles. The number of unbranched alkanes of at least 4 members (excludes halogenated alkanes) is 9. The summed E-state index contributed by atoms with van der Waals surface area (Å²) in [6.07, 6.45) is 13.4. The van der Waals surface area contributed by atoms with Crippen LogP contribution in [0.5, 0.6) is 5.75 Å². The number of nitrogens with two attached hydrogens (primary N) is 1. The first-order valence-electron chi connectivity index (χ1n) is 19.1. The molecular weight excluding hydrogens is 646 g/mol. The normalized spacial score (nSPS) is 11.5. The van der Waals surface area contributed by atoms with Crippen LogP contribution in [0.4, 0.5) is 5.69 Å². The summed E-state index contributed by atoms with van der Waals surface area (Å²) < 4.78 is 60.8. The number of hydrogen-bond donors (Lipinski definition) is 1. The van der Waals surface area contributed by atoms with Crippen LogP contribution in [-0.2, 0) is 47.4 Å². The van der Waals surface area contributed by atoms with Crippen LogP contribution in [-0.4, -0.2) is 139 Å². The standard InChI is InChI=1S/C38H71NO11/c1-2-3-4-5-6-7-8-9-10-11-16-40-17-18-41-19-20-42-21-22-43-23-24-44-25-26-45-27-28-46-29-30-47-31-32-48-33-34-49-35-36-50-38-14-12-37(39)13-15-38/h12-15H,2-11,16-36,39H2,1H3. The highest BCUT2D eigenvalue weighted by Gasteiger charge is 1.98. The third-order valence-electron chi connectivity index (χ3n) is 7.37. The summed E-state index contributed by atoms with van der Waals surface area (Å²) in [5.74, 6) is 0.775. The van der Waals surface area contributed by atoms with E-state index in [1.165, 1.54) is 57.8 Å². The third kappa shape index (κ3) is 36.2. The summed E-state index contributed by atoms with van der Waals surface area (Å²) >= 11 is 0. The second-order valence-electron chi connectivity index (χ2n) is 11.7. The largest absolute Gasteiger partial charge is 0.491 e. The van der Waals surface area contributed by atoms with Crippen molar-refractivity contribution in [2.75, 3.05) is 144 Å². The molecule has 0 amide bonds. The summed E-state index contributed by atoms with van der Waals surface area (Å²) in [5.41, 5.74) is 6.36. The lowest BCUT2D eigenvalue weighted by Gasteiger charge is -2.09. The Balaban J connectivity index is 1.61. The van der Waals surface area contributed by atoms with Gasteiger partial charge in [-0.1, -0.05) is 64.7 Å². The van der Waals surface area contributed by atoms with Gasteiger partial charge in [0.05, 0.1) is 126 Å². The van der Waals surface area contributed by atoms with Gasteiger partial charge in [-0.2, -0.15) is 0 Å². The molecule has 12 heteroatoms. The van der Waals surface area contributed by atoms with Crippen molar-refractivity contribution in [3.05, 3.63) is 24.3 Å². The van der Waals surface area contributed by atoms with E-state index < -0.39 is 0 Å². The SMILES string of the molecule is CCCCCCCCCCCCOCCOCCOCCOCCOCCOCCOCCOCCOCCOCCOc1ccc(N)cc1. The van der Waals surface area contributed by atoms with Gasteiger partial charge in [0.15, 0.2) is 0 Å². The highest BCUT2D eigenvalue weighted by atomic mass is 16.6. The Kier molecular flexibility index (Phi) is 37.3. The minimum atomic E-state index is 0.479. The lowest BCUT2D eigenvalue weighted by atomic mass is 10.1. The van der Waals surface area contributed by atoms with Gasteiger partial charge in [-0.25, -0.2) is 0 Å². The average molecular weight is 718 g/mol. The van der Waals surface area contributed by atoms with Crippen molar-refractivity contribution in [2.45, 2.75) is 71.1 Å². The second kappa shape index (κ2) is 40.2. The zero-order chi connectivity index (χ0) is 35.7. The van der Waals surface area contributed by atoms with Crippen molar-refractivity contribution in [3.63, 3.8) is 0 Å². The van der Waals surface area contributed by atoms with E-state index in [9.17, 15) is 0 Å². The number of benzene rings is 1. The fourth-order valence-electron chi connectivity index (χ4n) is 4.56. The van der Waals surface area contributed by atoms with Crippen LogP contribution >= 0.6 is 0 Å². The van der Waals surface area contributed by atoms with Gasteiger partial charge in [0.25, 0.3) is 0 Å². The molecule has 12 nitrogen and oxygen atoms in total. The predicted molar refractivity (Wildman–Crippen MR) is 196 cm³/mol. The molecule has 1 aromatic rings. The van der Waals surface area contributed by atoms with Gasteiger partial charge in [-0.05, 0) is 30.7 Å². The van der Waals surface area contributed by atoms with Crippen LogP contribution in [0.25, 0.3) is 0 Å². The van der Waals surface area contributed by atoms with Gasteiger partial charge in [0.1, 0.15) is 12.4 Å². The molecule has 0 aliphatic heterocycles. The minimum Gasteiger partial charge on any atom is -0.491 e. The minimum absolute atomic E-state index is 0.479. The van der Waals surface area contributed by atoms with E-state index in [0.29, 0.717) is 138 Å². The number of rotatable bonds is 42. The predicted octanol–water partition coefficient (Wildman–Crippen LogP) is 5.73. The molecule has 2 N–H and O–H groups in total. The van der Waals surface area contributed by atoms with Crippen LogP contribution in [0, 0.1) is 0 Å². The number of nitrogen functional groups attached to an aromatic ring is 1. The summed E-state index contributed by atoms with van der Waals surface area (Å²) in [6.45, 7) is 13.7. The molecular formula is C38H71NO11. The number of anilines is 1. The maximum Gasteiger partial charge on any atom is 0.119 e. The van der Waals surface area contributed by atoms with E-state index in [4.69, 9.17) is 57.8 Å². The van der Waals surface area contributed by atoms with Crippen molar-refractivity contribution in [1.82, 2.24) is 0 Å². The monoisotopic (exact) mass is 718 g/mol. The highest BCUT2D eigenvalue weighted by molar-refractivity contribution is 5.41. The Hall–Kier alpha value is -1.58. The molecule has 0 radical (unpaired) electrons. The van der Waals surface area contributed by atoms with Crippen molar-refractivity contribution in [1.29, 1.82) is 0 Å². The van der Waals surface area contributed by atoms with E-state index in [2.05, 4.69) is 6.92 Å². The van der Waals surface area contributed by atoms with Crippen LogP contribution < -0.4 is 10.5 Å². The van der Waals surface area contributed by atoms with E-state index in [0.717, 1.165) is 18.8 Å². The average Bonchev–Trinajstić information content (AvgIpc) is 3.13. The van der Waals surface area contributed by atoms with Gasteiger partial charge in [-0.3, -0.25) is 0 Å². The molecule has 1 rings (SSSR count). The summed E-state index contributed by atoms with van der Waals surface area (Å²) in [7, 11) is 0. The van der Waals surface area contributed by atoms with Gasteiger partial charge >= 0.3 is 0 Å². The Bertz CT molecular complexity index is 776. The number of ether oxygens (including phenoxy) is 11. The molecule has 0 saturated heterocycles. The number of hydrogen-bond acceptors (Lipinski definition) is 12. The molecule has 0 aromatic heterocycles. The van der Waals surface area contributed by atoms with Crippen LogP contribution in [0.2, 0.25) is 0 Å². The lowest BCUT2D eigenvalue weighted by molar-refractivity contribution is -0.0267. The zero-order valence-corrected chi connectivity index (χ0v) is 31.3. The lowest BCUT2D eigenvalue weighted by Crippen LogP contribution is -2.15. The molecule has 1 aromatic carbocycles. The van der Waals surface area contributed by atoms with Gasteiger partial charge in [0.2, 0.25) is 0 Å². The van der Waals surface area contributed by atoms with Crippen LogP contribution in [0.1, 0.15) is 71.1 Å². The Labute approximate surface area is 303 Å². The fourth-order valence-corrected chi connectivity index (χ4v) is 4.56. The zero-order valence-electron chi connectivity index (χ0n) is 31.3. The van der Waals surface area contributed by atoms with E-state index in [1.54, 1.807) is 12.1 Å². The van der Waals surface area contributed by atoms with Crippen molar-refractivity contribution < 1.29 is 52.1 Å². The van der Waals surface area contributed by atoms with Gasteiger partial charge in [-0.15, -0.1) is 0 Å². The summed E-state index contributed by atoms with van der Waals surface area (Å²) in [4.78, 5) is 0. The smallest absolute Gasteiger partial charge is 0.119 e. The van der Waals surface area contributed by atoms with E-state index in [-0.39, 0.29) is 0 Å². The maximum absolute atomic E-state index is 5.65. The van der Waals surface area contributed by atoms with Crippen molar-refractivity contribution in [3.8, 4) is 5.75 Å². The topological polar surface area (TPSA) is 128 Å². The molecule has 0 bridgehead atoms. The maximum atomic E-state index is 5.65. The van der Waals surface area contributed by atoms with Crippen LogP contribution in [0.15, 0.2) is 24.3 Å². The first kappa shape index (κ1) is 46.4. The second-order valence-corrected chi connectivity index (χ2v) is 11.7. The molecule has 0 heterocycles. The molecule has 50 heavy (non-hydrogen) atoms. The summed E-state index contributed by atoms with van der Waals surface area (Å²) in [6, 6.07) is 7.28. The van der Waals surface area contributed by atoms with Gasteiger partial charge in [0, 0.05) is 12.3 Å². The molecule has 0 atom stereocenters. The first-order valence-corrected chi connectivity index (χ1v) is 19.1. The molecule has 0 spiro atoms. The molecule has 0 unspecified atom stereocenters. The fraction of sp³-hybridized carbons (Fsp3) is 0.842. The van der Waals surface area contributed by atoms with Crippen molar-refractivity contribution in [2.24, 2.45) is 0 Å². The Morgan fingerprint density at radius 2 is 0.580 bits per heavy atom. The third-order valence-corrected chi connectivity index (χ3v) is 7.37. The highest BCUT2D eigenvalue weighted by Crippen LogP contribution is 2.13. The van der Waals surface area contributed by atoms with Gasteiger partial charge < -0.3 is 57.8 Å². The summed E-state index contributed by atoms with van der Waals surface area (Å²) in [5, 5.41) is 0. The molecule has 0 saturated carbocycles. The van der Waals surface area contributed by atoms with Crippen molar-refractivity contribution >= 4 is 5.69 Å². The molecule has 294 valence electrons. The molecule has 0 fully saturated rings. The molecule has 0 aliphatic rings. The van der Waals surface area contributed by atoms with Crippen LogP contribution in [0.3, 0.4) is 0 Å². The Morgan fingerprint density at radius 1 is 0.320 bits per heavy atom. The first-order chi connectivity index (χ1) is 24.8. The van der Waals surface area contributed by atoms with E-state index in [1.807, 2.05) is 12.1 Å². The Morgan fingerprint density at radius 3 is 0.900 bits per heavy atom. The van der Waals surface area contributed by atoms with E-state index >= 15 is 0 Å².